The Morgan fingerprint density at radius 3 is 1.96 bits per heavy atom. The van der Waals surface area contributed by atoms with Gasteiger partial charge in [-0.2, -0.15) is 0 Å². The first-order valence-corrected chi connectivity index (χ1v) is 7.77. The van der Waals surface area contributed by atoms with Crippen molar-refractivity contribution >= 4 is 29.1 Å². The van der Waals surface area contributed by atoms with Gasteiger partial charge in [-0.3, -0.25) is 4.79 Å². The lowest BCUT2D eigenvalue weighted by Crippen LogP contribution is -2.23. The highest BCUT2D eigenvalue weighted by Crippen LogP contribution is 2.34. The first kappa shape index (κ1) is 18.2. The van der Waals surface area contributed by atoms with E-state index >= 15 is 0 Å². The van der Waals surface area contributed by atoms with Gasteiger partial charge in [-0.1, -0.05) is 23.2 Å². The van der Waals surface area contributed by atoms with E-state index < -0.39 is 0 Å². The van der Waals surface area contributed by atoms with Crippen molar-refractivity contribution in [1.82, 2.24) is 5.32 Å². The maximum atomic E-state index is 12.3. The number of benzene rings is 2. The van der Waals surface area contributed by atoms with Gasteiger partial charge in [-0.05, 0) is 24.3 Å². The Labute approximate surface area is 150 Å². The molecule has 0 saturated carbocycles. The Kier molecular flexibility index (Phi) is 6.17. The van der Waals surface area contributed by atoms with Crippen LogP contribution in [0.5, 0.6) is 17.2 Å². The quantitative estimate of drug-likeness (QED) is 0.837. The predicted molar refractivity (Wildman–Crippen MR) is 93.7 cm³/mol. The molecule has 0 radical (unpaired) electrons. The van der Waals surface area contributed by atoms with Crippen molar-refractivity contribution in [1.29, 1.82) is 0 Å². The third-order valence-corrected chi connectivity index (χ3v) is 3.79. The molecule has 0 bridgehead atoms. The molecule has 0 aromatic heterocycles. The van der Waals surface area contributed by atoms with Crippen molar-refractivity contribution in [2.75, 3.05) is 21.3 Å². The van der Waals surface area contributed by atoms with Gasteiger partial charge in [0.1, 0.15) is 5.75 Å². The third-order valence-electron chi connectivity index (χ3n) is 3.35. The van der Waals surface area contributed by atoms with Gasteiger partial charge in [-0.15, -0.1) is 0 Å². The van der Waals surface area contributed by atoms with Gasteiger partial charge in [0.05, 0.1) is 21.3 Å². The topological polar surface area (TPSA) is 56.8 Å². The van der Waals surface area contributed by atoms with Crippen molar-refractivity contribution in [3.63, 3.8) is 0 Å². The van der Waals surface area contributed by atoms with Crippen LogP contribution in [0.25, 0.3) is 0 Å². The monoisotopic (exact) mass is 369 g/mol. The number of ether oxygens (including phenoxy) is 3. The van der Waals surface area contributed by atoms with Gasteiger partial charge >= 0.3 is 0 Å². The summed E-state index contributed by atoms with van der Waals surface area (Å²) in [4.78, 5) is 12.3. The summed E-state index contributed by atoms with van der Waals surface area (Å²) in [5.41, 5.74) is 1.13. The Bertz CT molecular complexity index is 729. The summed E-state index contributed by atoms with van der Waals surface area (Å²) in [6.07, 6.45) is 0. The Hall–Kier alpha value is -2.11. The van der Waals surface area contributed by atoms with Crippen LogP contribution < -0.4 is 19.5 Å². The number of rotatable bonds is 6. The molecule has 24 heavy (non-hydrogen) atoms. The fraction of sp³-hybridized carbons (Fsp3) is 0.235. The lowest BCUT2D eigenvalue weighted by atomic mass is 10.1. The molecule has 2 aromatic carbocycles. The molecule has 0 fully saturated rings. The van der Waals surface area contributed by atoms with Crippen molar-refractivity contribution in [3.8, 4) is 17.2 Å². The summed E-state index contributed by atoms with van der Waals surface area (Å²) in [6, 6.07) is 8.12. The van der Waals surface area contributed by atoms with E-state index in [0.29, 0.717) is 32.9 Å². The van der Waals surface area contributed by atoms with E-state index in [4.69, 9.17) is 37.4 Å². The van der Waals surface area contributed by atoms with Gasteiger partial charge < -0.3 is 19.5 Å². The predicted octanol–water partition coefficient (Wildman–Crippen LogP) is 3.95. The molecule has 0 aliphatic rings. The SMILES string of the molecule is COc1cc(OC)c(OC)cc1CNC(=O)c1cc(Cl)cc(Cl)c1. The number of carbonyl (C=O) groups excluding carboxylic acids is 1. The van der Waals surface area contributed by atoms with Crippen molar-refractivity contribution in [2.45, 2.75) is 6.54 Å². The molecule has 0 aliphatic heterocycles. The van der Waals surface area contributed by atoms with E-state index in [9.17, 15) is 4.79 Å². The molecular formula is C17H17Cl2NO4. The minimum absolute atomic E-state index is 0.243. The van der Waals surface area contributed by atoms with E-state index in [2.05, 4.69) is 5.32 Å². The molecule has 1 N–H and O–H groups in total. The summed E-state index contributed by atoms with van der Waals surface area (Å²) in [7, 11) is 4.63. The van der Waals surface area contributed by atoms with Crippen LogP contribution in [0.4, 0.5) is 0 Å². The molecule has 1 amide bonds. The van der Waals surface area contributed by atoms with E-state index in [1.54, 1.807) is 51.7 Å². The molecule has 0 unspecified atom stereocenters. The smallest absolute Gasteiger partial charge is 0.251 e. The van der Waals surface area contributed by atoms with Gasteiger partial charge in [0.25, 0.3) is 5.91 Å². The Morgan fingerprint density at radius 2 is 1.42 bits per heavy atom. The maximum absolute atomic E-state index is 12.3. The zero-order chi connectivity index (χ0) is 17.7. The molecule has 5 nitrogen and oxygen atoms in total. The lowest BCUT2D eigenvalue weighted by Gasteiger charge is -2.14. The van der Waals surface area contributed by atoms with Crippen LogP contribution in [-0.4, -0.2) is 27.2 Å². The van der Waals surface area contributed by atoms with Crippen LogP contribution in [0.15, 0.2) is 30.3 Å². The minimum Gasteiger partial charge on any atom is -0.496 e. The highest BCUT2D eigenvalue weighted by molar-refractivity contribution is 6.35. The second-order valence-corrected chi connectivity index (χ2v) is 5.73. The number of nitrogens with one attached hydrogen (secondary N) is 1. The van der Waals surface area contributed by atoms with E-state index in [1.807, 2.05) is 0 Å². The van der Waals surface area contributed by atoms with Crippen LogP contribution in [0.1, 0.15) is 15.9 Å². The largest absolute Gasteiger partial charge is 0.496 e. The number of methoxy groups -OCH3 is 3. The highest BCUT2D eigenvalue weighted by atomic mass is 35.5. The second-order valence-electron chi connectivity index (χ2n) is 4.86. The molecule has 0 saturated heterocycles. The number of amides is 1. The minimum atomic E-state index is -0.295. The van der Waals surface area contributed by atoms with Crippen molar-refractivity contribution in [2.24, 2.45) is 0 Å². The molecule has 7 heteroatoms. The van der Waals surface area contributed by atoms with Gasteiger partial charge in [-0.25, -0.2) is 0 Å². The molecule has 0 heterocycles. The number of hydrogen-bond donors (Lipinski definition) is 1. The summed E-state index contributed by atoms with van der Waals surface area (Å²) in [5, 5.41) is 3.60. The third kappa shape index (κ3) is 4.24. The highest BCUT2D eigenvalue weighted by Gasteiger charge is 2.14. The Morgan fingerprint density at radius 1 is 0.875 bits per heavy atom. The van der Waals surface area contributed by atoms with E-state index in [1.165, 1.54) is 0 Å². The summed E-state index contributed by atoms with van der Waals surface area (Å²) in [6.45, 7) is 0.243. The van der Waals surface area contributed by atoms with Crippen LogP contribution in [0, 0.1) is 0 Å². The van der Waals surface area contributed by atoms with Crippen molar-refractivity contribution < 1.29 is 19.0 Å². The van der Waals surface area contributed by atoms with Crippen LogP contribution in [-0.2, 0) is 6.54 Å². The van der Waals surface area contributed by atoms with E-state index in [-0.39, 0.29) is 12.5 Å². The zero-order valence-corrected chi connectivity index (χ0v) is 15.0. The van der Waals surface area contributed by atoms with Crippen molar-refractivity contribution in [3.05, 3.63) is 51.5 Å². The zero-order valence-electron chi connectivity index (χ0n) is 13.5. The fourth-order valence-corrected chi connectivity index (χ4v) is 2.72. The summed E-state index contributed by atoms with van der Waals surface area (Å²) in [5.74, 6) is 1.38. The standard InChI is InChI=1S/C17H17Cl2NO4/c1-22-14-8-16(24-3)15(23-2)6-11(14)9-20-17(21)10-4-12(18)7-13(19)5-10/h4-8H,9H2,1-3H3,(H,20,21). The first-order chi connectivity index (χ1) is 11.5. The molecule has 0 spiro atoms. The maximum Gasteiger partial charge on any atom is 0.251 e. The molecule has 128 valence electrons. The number of halogens is 2. The molecule has 0 aliphatic carbocycles. The number of hydrogen-bond acceptors (Lipinski definition) is 4. The van der Waals surface area contributed by atoms with Gasteiger partial charge in [0.15, 0.2) is 11.5 Å². The van der Waals surface area contributed by atoms with Crippen LogP contribution in [0.3, 0.4) is 0 Å². The van der Waals surface area contributed by atoms with E-state index in [0.717, 1.165) is 5.56 Å². The molecule has 0 atom stereocenters. The van der Waals surface area contributed by atoms with Crippen LogP contribution in [0.2, 0.25) is 10.0 Å². The molecule has 2 rings (SSSR count). The number of carbonyl (C=O) groups is 1. The Balaban J connectivity index is 2.20. The second kappa shape index (κ2) is 8.13. The average molecular weight is 370 g/mol. The van der Waals surface area contributed by atoms with Gasteiger partial charge in [0, 0.05) is 33.8 Å². The first-order valence-electron chi connectivity index (χ1n) is 7.01. The lowest BCUT2D eigenvalue weighted by molar-refractivity contribution is 0.0950. The average Bonchev–Trinajstić information content (AvgIpc) is 2.57. The van der Waals surface area contributed by atoms with Crippen LogP contribution >= 0.6 is 23.2 Å². The summed E-state index contributed by atoms with van der Waals surface area (Å²) < 4.78 is 15.8. The summed E-state index contributed by atoms with van der Waals surface area (Å²) >= 11 is 11.8. The normalized spacial score (nSPS) is 10.2. The molecular weight excluding hydrogens is 353 g/mol. The van der Waals surface area contributed by atoms with Gasteiger partial charge in [0.2, 0.25) is 0 Å². The fourth-order valence-electron chi connectivity index (χ4n) is 2.19. The molecule has 2 aromatic rings.